The van der Waals surface area contributed by atoms with Crippen LogP contribution in [0.25, 0.3) is 0 Å². The van der Waals surface area contributed by atoms with E-state index in [2.05, 4.69) is 37.2 Å². The third-order valence-corrected chi connectivity index (χ3v) is 3.79. The van der Waals surface area contributed by atoms with Crippen molar-refractivity contribution in [2.24, 2.45) is 0 Å². The number of nitrogens with zero attached hydrogens (tertiary/aromatic N) is 1. The zero-order chi connectivity index (χ0) is 15.3. The van der Waals surface area contributed by atoms with E-state index in [9.17, 15) is 14.7 Å². The molecule has 0 radical (unpaired) electrons. The molecule has 2 N–H and O–H groups in total. The minimum atomic E-state index is -1.10. The largest absolute Gasteiger partial charge is 0.478 e. The Kier molecular flexibility index (Phi) is 6.48. The van der Waals surface area contributed by atoms with E-state index in [0.29, 0.717) is 15.5 Å². The van der Waals surface area contributed by atoms with Gasteiger partial charge in [0.15, 0.2) is 0 Å². The highest BCUT2D eigenvalue weighted by molar-refractivity contribution is 9.11. The first-order chi connectivity index (χ1) is 9.36. The second kappa shape index (κ2) is 7.64. The standard InChI is InChI=1S/C13H16Br2N2O3/c1-3-4-5-17(2)13(20)16-11-9(12(18)19)6-8(14)7-10(11)15/h6-7H,3-5H2,1-2H3,(H,16,20)(H,18,19). The van der Waals surface area contributed by atoms with E-state index in [-0.39, 0.29) is 17.3 Å². The van der Waals surface area contributed by atoms with Gasteiger partial charge in [-0.05, 0) is 34.5 Å². The van der Waals surface area contributed by atoms with Crippen molar-refractivity contribution in [2.45, 2.75) is 19.8 Å². The van der Waals surface area contributed by atoms with Crippen molar-refractivity contribution in [3.05, 3.63) is 26.6 Å². The molecule has 0 aliphatic heterocycles. The molecule has 1 aromatic carbocycles. The van der Waals surface area contributed by atoms with Gasteiger partial charge in [-0.15, -0.1) is 0 Å². The molecule has 0 heterocycles. The highest BCUT2D eigenvalue weighted by Gasteiger charge is 2.18. The van der Waals surface area contributed by atoms with Crippen LogP contribution in [0.5, 0.6) is 0 Å². The highest BCUT2D eigenvalue weighted by atomic mass is 79.9. The van der Waals surface area contributed by atoms with E-state index in [1.165, 1.54) is 11.0 Å². The van der Waals surface area contributed by atoms with Crippen LogP contribution in [0.3, 0.4) is 0 Å². The van der Waals surface area contributed by atoms with Crippen molar-refractivity contribution in [2.75, 3.05) is 18.9 Å². The summed E-state index contributed by atoms with van der Waals surface area (Å²) in [6, 6.07) is 2.81. The maximum absolute atomic E-state index is 12.0. The number of nitrogens with one attached hydrogen (secondary N) is 1. The van der Waals surface area contributed by atoms with Crippen LogP contribution in [0.2, 0.25) is 0 Å². The second-order valence-electron chi connectivity index (χ2n) is 4.32. The third kappa shape index (κ3) is 4.49. The Balaban J connectivity index is 2.97. The maximum atomic E-state index is 12.0. The molecule has 0 aliphatic carbocycles. The van der Waals surface area contributed by atoms with E-state index in [1.807, 2.05) is 6.92 Å². The van der Waals surface area contributed by atoms with Gasteiger partial charge in [-0.3, -0.25) is 0 Å². The molecule has 0 aliphatic rings. The fourth-order valence-electron chi connectivity index (χ4n) is 1.57. The number of carbonyl (C=O) groups is 2. The van der Waals surface area contributed by atoms with Crippen LogP contribution in [0.4, 0.5) is 10.5 Å². The lowest BCUT2D eigenvalue weighted by Gasteiger charge is -2.19. The molecule has 0 saturated carbocycles. The Morgan fingerprint density at radius 3 is 2.55 bits per heavy atom. The average Bonchev–Trinajstić information content (AvgIpc) is 2.38. The fourth-order valence-corrected chi connectivity index (χ4v) is 2.89. The smallest absolute Gasteiger partial charge is 0.337 e. The number of benzene rings is 1. The summed E-state index contributed by atoms with van der Waals surface area (Å²) in [5, 5.41) is 11.8. The van der Waals surface area contributed by atoms with E-state index < -0.39 is 5.97 Å². The number of unbranched alkanes of at least 4 members (excludes halogenated alkanes) is 1. The molecule has 0 unspecified atom stereocenters. The number of amides is 2. The molecule has 0 fully saturated rings. The average molecular weight is 408 g/mol. The molecule has 7 heteroatoms. The van der Waals surface area contributed by atoms with Gasteiger partial charge >= 0.3 is 12.0 Å². The monoisotopic (exact) mass is 406 g/mol. The summed E-state index contributed by atoms with van der Waals surface area (Å²) in [5.74, 6) is -1.10. The molecular weight excluding hydrogens is 392 g/mol. The van der Waals surface area contributed by atoms with Gasteiger partial charge in [0, 0.05) is 22.5 Å². The number of anilines is 1. The molecule has 0 bridgehead atoms. The van der Waals surface area contributed by atoms with Gasteiger partial charge < -0.3 is 15.3 Å². The molecule has 1 rings (SSSR count). The first kappa shape index (κ1) is 17.0. The summed E-state index contributed by atoms with van der Waals surface area (Å²) in [5.41, 5.74) is 0.289. The Hall–Kier alpha value is -1.08. The van der Waals surface area contributed by atoms with E-state index in [4.69, 9.17) is 0 Å². The van der Waals surface area contributed by atoms with Crippen molar-refractivity contribution in [1.29, 1.82) is 0 Å². The lowest BCUT2D eigenvalue weighted by Crippen LogP contribution is -2.32. The number of hydrogen-bond acceptors (Lipinski definition) is 2. The Bertz CT molecular complexity index is 521. The second-order valence-corrected chi connectivity index (χ2v) is 6.09. The molecule has 0 spiro atoms. The fraction of sp³-hybridized carbons (Fsp3) is 0.385. The number of carboxylic acid groups (broad SMARTS) is 1. The van der Waals surface area contributed by atoms with E-state index in [1.54, 1.807) is 13.1 Å². The Labute approximate surface area is 134 Å². The molecule has 20 heavy (non-hydrogen) atoms. The maximum Gasteiger partial charge on any atom is 0.337 e. The summed E-state index contributed by atoms with van der Waals surface area (Å²) >= 11 is 6.50. The number of carbonyl (C=O) groups excluding carboxylic acids is 1. The lowest BCUT2D eigenvalue weighted by molar-refractivity contribution is 0.0698. The van der Waals surface area contributed by atoms with Gasteiger partial charge in [0.2, 0.25) is 0 Å². The van der Waals surface area contributed by atoms with Gasteiger partial charge in [0.25, 0.3) is 0 Å². The van der Waals surface area contributed by atoms with Crippen LogP contribution in [0.15, 0.2) is 21.1 Å². The number of rotatable bonds is 5. The van der Waals surface area contributed by atoms with Crippen LogP contribution in [-0.2, 0) is 0 Å². The topological polar surface area (TPSA) is 69.6 Å². The van der Waals surface area contributed by atoms with Crippen LogP contribution < -0.4 is 5.32 Å². The van der Waals surface area contributed by atoms with Crippen molar-refractivity contribution < 1.29 is 14.7 Å². The van der Waals surface area contributed by atoms with Gasteiger partial charge in [-0.2, -0.15) is 0 Å². The summed E-state index contributed by atoms with van der Waals surface area (Å²) in [6.45, 7) is 2.67. The van der Waals surface area contributed by atoms with Crippen molar-refractivity contribution in [1.82, 2.24) is 4.90 Å². The molecule has 0 atom stereocenters. The first-order valence-corrected chi connectivity index (χ1v) is 7.69. The quantitative estimate of drug-likeness (QED) is 0.769. The molecule has 2 amide bonds. The van der Waals surface area contributed by atoms with Crippen LogP contribution >= 0.6 is 31.9 Å². The Morgan fingerprint density at radius 1 is 1.35 bits per heavy atom. The van der Waals surface area contributed by atoms with Gasteiger partial charge in [-0.25, -0.2) is 9.59 Å². The normalized spacial score (nSPS) is 10.2. The number of carboxylic acids is 1. The number of hydrogen-bond donors (Lipinski definition) is 2. The minimum absolute atomic E-state index is 0.0310. The first-order valence-electron chi connectivity index (χ1n) is 6.11. The van der Waals surface area contributed by atoms with Crippen LogP contribution in [-0.4, -0.2) is 35.6 Å². The van der Waals surface area contributed by atoms with Crippen molar-refractivity contribution in [3.63, 3.8) is 0 Å². The zero-order valence-corrected chi connectivity index (χ0v) is 14.4. The minimum Gasteiger partial charge on any atom is -0.478 e. The molecule has 5 nitrogen and oxygen atoms in total. The van der Waals surface area contributed by atoms with Crippen molar-refractivity contribution >= 4 is 49.5 Å². The third-order valence-electron chi connectivity index (χ3n) is 2.71. The van der Waals surface area contributed by atoms with Crippen LogP contribution in [0.1, 0.15) is 30.1 Å². The number of urea groups is 1. The summed E-state index contributed by atoms with van der Waals surface area (Å²) < 4.78 is 1.14. The molecular formula is C13H16Br2N2O3. The lowest BCUT2D eigenvalue weighted by atomic mass is 10.2. The van der Waals surface area contributed by atoms with Crippen molar-refractivity contribution in [3.8, 4) is 0 Å². The predicted molar refractivity (Wildman–Crippen MR) is 85.4 cm³/mol. The molecule has 0 aromatic heterocycles. The van der Waals surface area contributed by atoms with Gasteiger partial charge in [-0.1, -0.05) is 29.3 Å². The SMILES string of the molecule is CCCCN(C)C(=O)Nc1c(Br)cc(Br)cc1C(=O)O. The van der Waals surface area contributed by atoms with Gasteiger partial charge in [0.1, 0.15) is 0 Å². The van der Waals surface area contributed by atoms with Crippen LogP contribution in [0, 0.1) is 0 Å². The van der Waals surface area contributed by atoms with E-state index in [0.717, 1.165) is 12.8 Å². The van der Waals surface area contributed by atoms with E-state index >= 15 is 0 Å². The summed E-state index contributed by atoms with van der Waals surface area (Å²) in [6.07, 6.45) is 1.89. The molecule has 0 saturated heterocycles. The molecule has 110 valence electrons. The van der Waals surface area contributed by atoms with Gasteiger partial charge in [0.05, 0.1) is 11.3 Å². The predicted octanol–water partition coefficient (Wildman–Crippen LogP) is 4.17. The zero-order valence-electron chi connectivity index (χ0n) is 11.2. The number of halogens is 2. The number of aromatic carboxylic acids is 1. The molecule has 1 aromatic rings. The highest BCUT2D eigenvalue weighted by Crippen LogP contribution is 2.31. The summed E-state index contributed by atoms with van der Waals surface area (Å²) in [7, 11) is 1.68. The Morgan fingerprint density at radius 2 is 2.00 bits per heavy atom. The summed E-state index contributed by atoms with van der Waals surface area (Å²) in [4.78, 5) is 24.8.